The lowest BCUT2D eigenvalue weighted by Gasteiger charge is -2.01. The highest BCUT2D eigenvalue weighted by atomic mass is 79.9. The number of halogens is 2. The largest absolute Gasteiger partial charge is 0.351 e. The van der Waals surface area contributed by atoms with Crippen LogP contribution in [0, 0.1) is 0 Å². The van der Waals surface area contributed by atoms with Crippen LogP contribution < -0.4 is 5.32 Å². The zero-order chi connectivity index (χ0) is 12.3. The minimum Gasteiger partial charge on any atom is -0.351 e. The van der Waals surface area contributed by atoms with Gasteiger partial charge in [0, 0.05) is 13.0 Å². The summed E-state index contributed by atoms with van der Waals surface area (Å²) in [6.07, 6.45) is 1.86. The molecule has 0 unspecified atom stereocenters. The molecule has 1 N–H and O–H groups in total. The molecule has 2 aromatic heterocycles. The Labute approximate surface area is 118 Å². The number of nitrogens with zero attached hydrogens (tertiary/aromatic N) is 2. The predicted molar refractivity (Wildman–Crippen MR) is 70.1 cm³/mol. The summed E-state index contributed by atoms with van der Waals surface area (Å²) in [6, 6.07) is 1.77. The molecule has 0 saturated carbocycles. The summed E-state index contributed by atoms with van der Waals surface area (Å²) < 4.78 is 6.54. The summed E-state index contributed by atoms with van der Waals surface area (Å²) in [6.45, 7) is 0.459. The Hall–Kier alpha value is -0.730. The molecule has 2 aromatic rings. The van der Waals surface area contributed by atoms with Crippen LogP contribution in [0.3, 0.4) is 0 Å². The van der Waals surface area contributed by atoms with E-state index in [0.717, 1.165) is 7.57 Å². The number of hydrogen-bond donors (Lipinski definition) is 1. The van der Waals surface area contributed by atoms with Crippen molar-refractivity contribution in [2.45, 2.75) is 6.42 Å². The SMILES string of the molecule is O=C(NCCc1ncno1)c1cc(Br)sc1Br. The zero-order valence-corrected chi connectivity index (χ0v) is 12.4. The van der Waals surface area contributed by atoms with Gasteiger partial charge in [-0.05, 0) is 37.9 Å². The van der Waals surface area contributed by atoms with Gasteiger partial charge in [0.25, 0.3) is 5.91 Å². The van der Waals surface area contributed by atoms with Crippen molar-refractivity contribution < 1.29 is 9.32 Å². The first-order chi connectivity index (χ1) is 8.16. The maximum absolute atomic E-state index is 11.8. The molecular formula is C9H7Br2N3O2S. The molecular weight excluding hydrogens is 374 g/mol. The van der Waals surface area contributed by atoms with Crippen molar-refractivity contribution in [2.24, 2.45) is 0 Å². The number of amides is 1. The van der Waals surface area contributed by atoms with Gasteiger partial charge in [0.05, 0.1) is 13.1 Å². The van der Waals surface area contributed by atoms with E-state index < -0.39 is 0 Å². The highest BCUT2D eigenvalue weighted by molar-refractivity contribution is 9.12. The van der Waals surface area contributed by atoms with Crippen LogP contribution in [0.25, 0.3) is 0 Å². The minimum absolute atomic E-state index is 0.127. The Morgan fingerprint density at radius 2 is 2.35 bits per heavy atom. The standard InChI is InChI=1S/C9H7Br2N3O2S/c10-6-3-5(8(11)17-6)9(15)12-2-1-7-13-4-14-16-7/h3-4H,1-2H2,(H,12,15). The number of carbonyl (C=O) groups excluding carboxylic acids is 1. The van der Waals surface area contributed by atoms with Crippen molar-refractivity contribution in [3.63, 3.8) is 0 Å². The zero-order valence-electron chi connectivity index (χ0n) is 8.44. The lowest BCUT2D eigenvalue weighted by Crippen LogP contribution is -2.25. The molecule has 0 aromatic carbocycles. The summed E-state index contributed by atoms with van der Waals surface area (Å²) in [5, 5.41) is 6.27. The van der Waals surface area contributed by atoms with Crippen molar-refractivity contribution in [3.8, 4) is 0 Å². The maximum Gasteiger partial charge on any atom is 0.253 e. The monoisotopic (exact) mass is 379 g/mol. The van der Waals surface area contributed by atoms with E-state index in [1.165, 1.54) is 17.7 Å². The molecule has 0 aliphatic rings. The molecule has 90 valence electrons. The van der Waals surface area contributed by atoms with Crippen molar-refractivity contribution in [1.29, 1.82) is 0 Å². The van der Waals surface area contributed by atoms with E-state index in [1.807, 2.05) is 0 Å². The van der Waals surface area contributed by atoms with Crippen LogP contribution in [0.4, 0.5) is 0 Å². The fraction of sp³-hybridized carbons (Fsp3) is 0.222. The average molecular weight is 381 g/mol. The first-order valence-electron chi connectivity index (χ1n) is 4.65. The maximum atomic E-state index is 11.8. The second-order valence-corrected chi connectivity index (χ2v) is 6.83. The van der Waals surface area contributed by atoms with Gasteiger partial charge in [0.1, 0.15) is 0 Å². The molecule has 8 heteroatoms. The fourth-order valence-electron chi connectivity index (χ4n) is 1.18. The second kappa shape index (κ2) is 5.74. The lowest BCUT2D eigenvalue weighted by molar-refractivity contribution is 0.0953. The number of nitrogens with one attached hydrogen (secondary N) is 1. The van der Waals surface area contributed by atoms with E-state index in [-0.39, 0.29) is 5.91 Å². The van der Waals surface area contributed by atoms with Gasteiger partial charge in [-0.3, -0.25) is 4.79 Å². The first kappa shape index (κ1) is 12.7. The summed E-state index contributed by atoms with van der Waals surface area (Å²) in [5.41, 5.74) is 0.618. The molecule has 0 aliphatic carbocycles. The summed E-state index contributed by atoms with van der Waals surface area (Å²) in [4.78, 5) is 15.6. The fourth-order valence-corrected chi connectivity index (χ4v) is 3.97. The van der Waals surface area contributed by atoms with Crippen LogP contribution in [-0.4, -0.2) is 22.6 Å². The van der Waals surface area contributed by atoms with Crippen LogP contribution in [0.1, 0.15) is 16.2 Å². The molecule has 0 spiro atoms. The van der Waals surface area contributed by atoms with Crippen LogP contribution in [0.15, 0.2) is 24.5 Å². The molecule has 1 amide bonds. The minimum atomic E-state index is -0.127. The van der Waals surface area contributed by atoms with Gasteiger partial charge in [-0.1, -0.05) is 5.16 Å². The van der Waals surface area contributed by atoms with Crippen LogP contribution in [0.5, 0.6) is 0 Å². The Bertz CT molecular complexity index is 512. The first-order valence-corrected chi connectivity index (χ1v) is 7.05. The van der Waals surface area contributed by atoms with Crippen molar-refractivity contribution in [1.82, 2.24) is 15.5 Å². The van der Waals surface area contributed by atoms with E-state index in [0.29, 0.717) is 24.4 Å². The van der Waals surface area contributed by atoms with E-state index >= 15 is 0 Å². The van der Waals surface area contributed by atoms with Gasteiger partial charge in [-0.2, -0.15) is 4.98 Å². The molecule has 0 radical (unpaired) electrons. The molecule has 5 nitrogen and oxygen atoms in total. The molecule has 0 atom stereocenters. The van der Waals surface area contributed by atoms with E-state index in [9.17, 15) is 4.79 Å². The van der Waals surface area contributed by atoms with Crippen LogP contribution in [-0.2, 0) is 6.42 Å². The molecule has 0 aliphatic heterocycles. The smallest absolute Gasteiger partial charge is 0.253 e. The Morgan fingerprint density at radius 1 is 1.53 bits per heavy atom. The molecule has 17 heavy (non-hydrogen) atoms. The van der Waals surface area contributed by atoms with Gasteiger partial charge in [-0.15, -0.1) is 11.3 Å². The van der Waals surface area contributed by atoms with E-state index in [4.69, 9.17) is 4.52 Å². The molecule has 2 rings (SSSR count). The van der Waals surface area contributed by atoms with Crippen LogP contribution >= 0.6 is 43.2 Å². The van der Waals surface area contributed by atoms with Gasteiger partial charge in [-0.25, -0.2) is 0 Å². The average Bonchev–Trinajstić information content (AvgIpc) is 2.88. The molecule has 0 bridgehead atoms. The molecule has 0 saturated heterocycles. The number of rotatable bonds is 4. The van der Waals surface area contributed by atoms with Gasteiger partial charge in [0.2, 0.25) is 5.89 Å². The predicted octanol–water partition coefficient (Wildman–Crippen LogP) is 2.63. The highest BCUT2D eigenvalue weighted by Crippen LogP contribution is 2.31. The van der Waals surface area contributed by atoms with Gasteiger partial charge >= 0.3 is 0 Å². The number of carbonyl (C=O) groups is 1. The second-order valence-electron chi connectivity index (χ2n) is 3.08. The quantitative estimate of drug-likeness (QED) is 0.885. The highest BCUT2D eigenvalue weighted by Gasteiger charge is 2.13. The van der Waals surface area contributed by atoms with Crippen molar-refractivity contribution >= 4 is 49.1 Å². The third-order valence-corrected chi connectivity index (χ3v) is 4.27. The Balaban J connectivity index is 1.87. The number of aromatic nitrogens is 2. The Kier molecular flexibility index (Phi) is 4.30. The normalized spacial score (nSPS) is 10.5. The molecule has 0 fully saturated rings. The van der Waals surface area contributed by atoms with Crippen LogP contribution in [0.2, 0.25) is 0 Å². The third kappa shape index (κ3) is 3.36. The Morgan fingerprint density at radius 3 is 2.94 bits per heavy atom. The summed E-state index contributed by atoms with van der Waals surface area (Å²) in [7, 11) is 0. The number of thiophene rings is 1. The van der Waals surface area contributed by atoms with E-state index in [1.54, 1.807) is 6.07 Å². The lowest BCUT2D eigenvalue weighted by atomic mass is 10.3. The van der Waals surface area contributed by atoms with Gasteiger partial charge in [0.15, 0.2) is 6.33 Å². The van der Waals surface area contributed by atoms with Crippen molar-refractivity contribution in [2.75, 3.05) is 6.54 Å². The summed E-state index contributed by atoms with van der Waals surface area (Å²) >= 11 is 8.12. The van der Waals surface area contributed by atoms with Gasteiger partial charge < -0.3 is 9.84 Å². The number of hydrogen-bond acceptors (Lipinski definition) is 5. The molecule has 2 heterocycles. The van der Waals surface area contributed by atoms with E-state index in [2.05, 4.69) is 47.3 Å². The van der Waals surface area contributed by atoms with Crippen molar-refractivity contribution in [3.05, 3.63) is 31.4 Å². The topological polar surface area (TPSA) is 68.0 Å². The third-order valence-electron chi connectivity index (χ3n) is 1.93. The summed E-state index contributed by atoms with van der Waals surface area (Å²) in [5.74, 6) is 0.384.